The summed E-state index contributed by atoms with van der Waals surface area (Å²) in [6, 6.07) is 0. The Hall–Kier alpha value is -0.167. The third-order valence-corrected chi connectivity index (χ3v) is 3.34. The van der Waals surface area contributed by atoms with Crippen molar-refractivity contribution in [2.24, 2.45) is 0 Å². The summed E-state index contributed by atoms with van der Waals surface area (Å²) < 4.78 is 0. The van der Waals surface area contributed by atoms with Crippen molar-refractivity contribution in [3.8, 4) is 0 Å². The second kappa shape index (κ2) is 19.8. The maximum atomic E-state index is 10.3. The molecular weight excluding hydrogens is 457 g/mol. The molecule has 0 saturated carbocycles. The number of allylic oxidation sites excluding steroid dienone is 4. The molecule has 0 unspecified atom stereocenters. The van der Waals surface area contributed by atoms with Gasteiger partial charge in [-0.25, -0.2) is 0 Å². The predicted molar refractivity (Wildman–Crippen MR) is 96.9 cm³/mol. The van der Waals surface area contributed by atoms with Crippen LogP contribution in [-0.2, 0) is 4.79 Å². The molecule has 0 fully saturated rings. The molecule has 0 aliphatic carbocycles. The number of hydrogen-bond acceptors (Lipinski definition) is 1. The van der Waals surface area contributed by atoms with E-state index in [1.807, 2.05) is 0 Å². The van der Waals surface area contributed by atoms with Crippen LogP contribution in [0.2, 0.25) is 0 Å². The van der Waals surface area contributed by atoms with E-state index in [9.17, 15) is 4.79 Å². The molecule has 0 heterocycles. The van der Waals surface area contributed by atoms with Crippen LogP contribution in [0.5, 0.6) is 0 Å². The van der Waals surface area contributed by atoms with Gasteiger partial charge in [-0.2, -0.15) is 0 Å². The van der Waals surface area contributed by atoms with E-state index in [4.69, 9.17) is 5.11 Å². The monoisotopic (exact) mass is 492 g/mol. The molecule has 0 spiro atoms. The van der Waals surface area contributed by atoms with Crippen molar-refractivity contribution in [3.63, 3.8) is 0 Å². The molecule has 2 nitrogen and oxygen atoms in total. The zero-order valence-electron chi connectivity index (χ0n) is 13.9. The van der Waals surface area contributed by atoms with Crippen LogP contribution in [0, 0.1) is 0 Å². The fourth-order valence-electron chi connectivity index (χ4n) is 2.09. The van der Waals surface area contributed by atoms with E-state index in [0.29, 0.717) is 6.42 Å². The van der Waals surface area contributed by atoms with Crippen LogP contribution >= 0.6 is 0 Å². The van der Waals surface area contributed by atoms with Gasteiger partial charge in [-0.15, -0.1) is 0 Å². The molecule has 0 aromatic rings. The van der Waals surface area contributed by atoms with Crippen molar-refractivity contribution in [1.82, 2.24) is 0 Å². The first-order valence-corrected chi connectivity index (χ1v) is 8.29. The fourth-order valence-corrected chi connectivity index (χ4v) is 2.09. The molecule has 0 aliphatic heterocycles. The summed E-state index contributed by atoms with van der Waals surface area (Å²) >= 11 is 0. The van der Waals surface area contributed by atoms with Crippen molar-refractivity contribution in [2.75, 3.05) is 0 Å². The average molecular weight is 492 g/mol. The summed E-state index contributed by atoms with van der Waals surface area (Å²) in [5.74, 6) is -0.671. The first kappa shape index (κ1) is 23.1. The molecule has 0 rings (SSSR count). The number of aliphatic carboxylic acids is 1. The predicted octanol–water partition coefficient (Wildman–Crippen LogP) is 4.70. The number of carboxylic acid groups (broad SMARTS) is 1. The number of unbranched alkanes of at least 4 members (excludes halogenated alkanes) is 8. The summed E-state index contributed by atoms with van der Waals surface area (Å²) in [6.45, 7) is 2.23. The van der Waals surface area contributed by atoms with E-state index in [2.05, 4.69) is 31.2 Å². The fraction of sp³-hybridized carbons (Fsp3) is 0.722. The molecule has 21 heavy (non-hydrogen) atoms. The zero-order valence-corrected chi connectivity index (χ0v) is 19.4. The van der Waals surface area contributed by atoms with Crippen molar-refractivity contribution in [3.05, 3.63) is 24.3 Å². The van der Waals surface area contributed by atoms with E-state index >= 15 is 0 Å². The van der Waals surface area contributed by atoms with Gasteiger partial charge in [0.05, 0.1) is 0 Å². The van der Waals surface area contributed by atoms with Gasteiger partial charge < -0.3 is 5.11 Å². The van der Waals surface area contributed by atoms with Crippen molar-refractivity contribution >= 4 is 32.2 Å². The quantitative estimate of drug-likeness (QED) is 0.217. The Morgan fingerprint density at radius 1 is 0.810 bits per heavy atom. The minimum atomic E-state index is -0.671. The van der Waals surface area contributed by atoms with Crippen molar-refractivity contribution in [2.45, 2.75) is 84.0 Å². The van der Waals surface area contributed by atoms with Gasteiger partial charge in [-0.1, -0.05) is 63.3 Å². The molecule has 124 valence electrons. The van der Waals surface area contributed by atoms with Crippen LogP contribution in [0.1, 0.15) is 84.0 Å². The van der Waals surface area contributed by atoms with Gasteiger partial charge in [-0.3, -0.25) is 4.79 Å². The first-order valence-electron chi connectivity index (χ1n) is 8.29. The standard InChI is InChI=1S/C18H32O2.Bi.3H/c1-2-3-4-5-6-7-8-9-10-11-12-13-14-15-16-17-18(19)20;;;;/h6-7,9-10H,2-5,8,11-17H2,1H3,(H,19,20);;;;/b7-6-,10-9-;;;;. The number of rotatable bonds is 14. The summed E-state index contributed by atoms with van der Waals surface area (Å²) in [4.78, 5) is 10.3. The van der Waals surface area contributed by atoms with Gasteiger partial charge in [-0.05, 0) is 38.5 Å². The SMILES string of the molecule is CCCCC/C=C\C/C=C\CCCCCCCC(=O)O.[BiH3]. The van der Waals surface area contributed by atoms with Gasteiger partial charge in [0, 0.05) is 6.42 Å². The van der Waals surface area contributed by atoms with E-state index < -0.39 is 5.97 Å². The first-order chi connectivity index (χ1) is 9.77. The molecule has 0 aromatic carbocycles. The average Bonchev–Trinajstić information content (AvgIpc) is 2.43. The third-order valence-electron chi connectivity index (χ3n) is 3.34. The third kappa shape index (κ3) is 22.3. The summed E-state index contributed by atoms with van der Waals surface area (Å²) in [5, 5.41) is 8.50. The Morgan fingerprint density at radius 2 is 1.33 bits per heavy atom. The molecular formula is C18H35BiO2. The second-order valence-corrected chi connectivity index (χ2v) is 5.37. The Balaban J connectivity index is 0. The normalized spacial score (nSPS) is 11.1. The van der Waals surface area contributed by atoms with Gasteiger partial charge in [0.15, 0.2) is 0 Å². The van der Waals surface area contributed by atoms with Crippen molar-refractivity contribution < 1.29 is 9.90 Å². The molecule has 1 N–H and O–H groups in total. The maximum absolute atomic E-state index is 10.3. The Bertz CT molecular complexity index is 272. The molecule has 0 saturated heterocycles. The van der Waals surface area contributed by atoms with Crippen LogP contribution in [-0.4, -0.2) is 37.3 Å². The van der Waals surface area contributed by atoms with E-state index in [0.717, 1.165) is 25.7 Å². The van der Waals surface area contributed by atoms with Gasteiger partial charge >= 0.3 is 32.2 Å². The molecule has 0 atom stereocenters. The van der Waals surface area contributed by atoms with E-state index in [1.54, 1.807) is 0 Å². The molecule has 0 aliphatic rings. The number of hydrogen-bond donors (Lipinski definition) is 1. The van der Waals surface area contributed by atoms with E-state index in [-0.39, 0.29) is 26.2 Å². The van der Waals surface area contributed by atoms with Crippen LogP contribution in [0.4, 0.5) is 0 Å². The van der Waals surface area contributed by atoms with Gasteiger partial charge in [0.25, 0.3) is 0 Å². The molecule has 0 radical (unpaired) electrons. The number of carboxylic acids is 1. The Labute approximate surface area is 150 Å². The summed E-state index contributed by atoms with van der Waals surface area (Å²) in [6.07, 6.45) is 22.3. The van der Waals surface area contributed by atoms with E-state index in [1.165, 1.54) is 44.9 Å². The Kier molecular flexibility index (Phi) is 21.8. The number of carbonyl (C=O) groups is 1. The van der Waals surface area contributed by atoms with Crippen LogP contribution in [0.3, 0.4) is 0 Å². The summed E-state index contributed by atoms with van der Waals surface area (Å²) in [5.41, 5.74) is 0. The van der Waals surface area contributed by atoms with Crippen LogP contribution in [0.25, 0.3) is 0 Å². The van der Waals surface area contributed by atoms with Crippen LogP contribution < -0.4 is 0 Å². The molecule has 0 aromatic heterocycles. The minimum absolute atomic E-state index is 0. The Morgan fingerprint density at radius 3 is 1.90 bits per heavy atom. The van der Waals surface area contributed by atoms with Crippen LogP contribution in [0.15, 0.2) is 24.3 Å². The zero-order chi connectivity index (χ0) is 14.9. The van der Waals surface area contributed by atoms with Gasteiger partial charge in [0.2, 0.25) is 0 Å². The van der Waals surface area contributed by atoms with Crippen molar-refractivity contribution in [1.29, 1.82) is 0 Å². The molecule has 3 heteroatoms. The molecule has 0 amide bonds. The summed E-state index contributed by atoms with van der Waals surface area (Å²) in [7, 11) is 0. The topological polar surface area (TPSA) is 37.3 Å². The molecule has 0 bridgehead atoms. The second-order valence-electron chi connectivity index (χ2n) is 5.37. The van der Waals surface area contributed by atoms with Gasteiger partial charge in [0.1, 0.15) is 0 Å².